The summed E-state index contributed by atoms with van der Waals surface area (Å²) in [6.07, 6.45) is 0.160. The standard InChI is InChI=1S/C19H23ClFNO8S/c1-27-9-15-16(10-28-2)30-19(29-15)6-5-17(12(8-19)18(23)24)31(25,26)22-14-4-3-11(21)7-13(14)20/h3-4,7-8,15-17,22H,5-6,9-10H2,1-2H3,(H,23,24)/t15-,16-,17?/m0/s1. The van der Waals surface area contributed by atoms with Crippen LogP contribution in [0.3, 0.4) is 0 Å². The fourth-order valence-electron chi connectivity index (χ4n) is 3.70. The minimum atomic E-state index is -4.23. The molecule has 1 spiro atoms. The Morgan fingerprint density at radius 3 is 2.42 bits per heavy atom. The number of aliphatic carboxylic acids is 1. The summed E-state index contributed by atoms with van der Waals surface area (Å²) in [5, 5.41) is 8.17. The van der Waals surface area contributed by atoms with Crippen LogP contribution < -0.4 is 4.72 Å². The molecule has 12 heteroatoms. The number of benzene rings is 1. The van der Waals surface area contributed by atoms with Gasteiger partial charge in [0.1, 0.15) is 23.3 Å². The topological polar surface area (TPSA) is 120 Å². The van der Waals surface area contributed by atoms with E-state index >= 15 is 0 Å². The monoisotopic (exact) mass is 479 g/mol. The second-order valence-corrected chi connectivity index (χ2v) is 9.51. The molecule has 1 aliphatic carbocycles. The second-order valence-electron chi connectivity index (χ2n) is 7.24. The molecule has 31 heavy (non-hydrogen) atoms. The molecule has 3 rings (SSSR count). The molecular weight excluding hydrogens is 457 g/mol. The van der Waals surface area contributed by atoms with Gasteiger partial charge in [0, 0.05) is 20.6 Å². The number of halogens is 2. The van der Waals surface area contributed by atoms with Gasteiger partial charge in [-0.25, -0.2) is 17.6 Å². The number of hydrogen-bond donors (Lipinski definition) is 2. The first-order valence-electron chi connectivity index (χ1n) is 9.37. The number of anilines is 1. The molecule has 1 heterocycles. The molecule has 1 fully saturated rings. The molecule has 1 saturated heterocycles. The fraction of sp³-hybridized carbons (Fsp3) is 0.526. The Kier molecular flexibility index (Phi) is 7.24. The Morgan fingerprint density at radius 2 is 1.90 bits per heavy atom. The van der Waals surface area contributed by atoms with E-state index in [1.807, 2.05) is 0 Å². The maximum Gasteiger partial charge on any atom is 0.332 e. The van der Waals surface area contributed by atoms with E-state index < -0.39 is 50.6 Å². The van der Waals surface area contributed by atoms with E-state index in [1.165, 1.54) is 20.3 Å². The number of carboxylic acids is 1. The molecule has 1 aromatic carbocycles. The van der Waals surface area contributed by atoms with Gasteiger partial charge in [-0.05, 0) is 30.7 Å². The lowest BCUT2D eigenvalue weighted by atomic mass is 9.94. The van der Waals surface area contributed by atoms with Crippen molar-refractivity contribution >= 4 is 33.3 Å². The highest BCUT2D eigenvalue weighted by molar-refractivity contribution is 7.93. The third kappa shape index (κ3) is 5.18. The van der Waals surface area contributed by atoms with Gasteiger partial charge in [0.2, 0.25) is 10.0 Å². The van der Waals surface area contributed by atoms with Gasteiger partial charge in [-0.1, -0.05) is 11.6 Å². The van der Waals surface area contributed by atoms with Gasteiger partial charge in [-0.15, -0.1) is 0 Å². The summed E-state index contributed by atoms with van der Waals surface area (Å²) in [7, 11) is -1.24. The van der Waals surface area contributed by atoms with E-state index in [-0.39, 0.29) is 36.8 Å². The Morgan fingerprint density at radius 1 is 1.29 bits per heavy atom. The third-order valence-corrected chi connectivity index (χ3v) is 7.12. The zero-order chi connectivity index (χ0) is 22.8. The molecule has 0 bridgehead atoms. The molecule has 0 aromatic heterocycles. The maximum atomic E-state index is 13.3. The van der Waals surface area contributed by atoms with Crippen molar-refractivity contribution in [2.45, 2.75) is 36.1 Å². The highest BCUT2D eigenvalue weighted by Crippen LogP contribution is 2.41. The van der Waals surface area contributed by atoms with Crippen LogP contribution in [0.5, 0.6) is 0 Å². The fourth-order valence-corrected chi connectivity index (χ4v) is 5.53. The molecule has 1 aromatic rings. The zero-order valence-corrected chi connectivity index (χ0v) is 18.4. The number of nitrogens with one attached hydrogen (secondary N) is 1. The van der Waals surface area contributed by atoms with Gasteiger partial charge in [-0.3, -0.25) is 4.72 Å². The Hall–Kier alpha value is -1.76. The molecule has 2 N–H and O–H groups in total. The van der Waals surface area contributed by atoms with Crippen LogP contribution >= 0.6 is 11.6 Å². The highest BCUT2D eigenvalue weighted by atomic mass is 35.5. The summed E-state index contributed by atoms with van der Waals surface area (Å²) in [6.45, 7) is 0.386. The van der Waals surface area contributed by atoms with Gasteiger partial charge < -0.3 is 24.1 Å². The minimum absolute atomic E-state index is 0.0539. The largest absolute Gasteiger partial charge is 0.478 e. The molecule has 0 amide bonds. The van der Waals surface area contributed by atoms with Crippen LogP contribution in [0.4, 0.5) is 10.1 Å². The van der Waals surface area contributed by atoms with Gasteiger partial charge in [0.25, 0.3) is 0 Å². The molecule has 1 aliphatic heterocycles. The summed E-state index contributed by atoms with van der Waals surface area (Å²) in [6, 6.07) is 3.16. The van der Waals surface area contributed by atoms with Crippen LogP contribution in [0, 0.1) is 5.82 Å². The predicted molar refractivity (Wildman–Crippen MR) is 109 cm³/mol. The van der Waals surface area contributed by atoms with Crippen molar-refractivity contribution in [1.82, 2.24) is 0 Å². The molecule has 0 saturated carbocycles. The summed E-state index contributed by atoms with van der Waals surface area (Å²) < 4.78 is 63.6. The van der Waals surface area contributed by atoms with E-state index in [4.69, 9.17) is 30.5 Å². The number of sulfonamides is 1. The molecule has 0 radical (unpaired) electrons. The lowest BCUT2D eigenvalue weighted by molar-refractivity contribution is -0.154. The molecule has 1 unspecified atom stereocenters. The number of carboxylic acid groups (broad SMARTS) is 1. The van der Waals surface area contributed by atoms with Crippen LogP contribution in [-0.4, -0.2) is 70.2 Å². The number of rotatable bonds is 8. The summed E-state index contributed by atoms with van der Waals surface area (Å²) in [4.78, 5) is 11.9. The van der Waals surface area contributed by atoms with Gasteiger partial charge in [-0.2, -0.15) is 0 Å². The quantitative estimate of drug-likeness (QED) is 0.582. The SMILES string of the molecule is COC[C@@H]1OC2(C=C(C(=O)O)C(S(=O)(=O)Nc3ccc(F)cc3Cl)CC2)O[C@H]1COC. The molecule has 2 aliphatic rings. The van der Waals surface area contributed by atoms with E-state index in [0.29, 0.717) is 0 Å². The average Bonchev–Trinajstić information content (AvgIpc) is 3.01. The van der Waals surface area contributed by atoms with E-state index in [1.54, 1.807) is 0 Å². The van der Waals surface area contributed by atoms with Crippen molar-refractivity contribution in [2.75, 3.05) is 32.2 Å². The van der Waals surface area contributed by atoms with Crippen molar-refractivity contribution in [1.29, 1.82) is 0 Å². The van der Waals surface area contributed by atoms with E-state index in [0.717, 1.165) is 18.2 Å². The summed E-state index contributed by atoms with van der Waals surface area (Å²) in [5.74, 6) is -3.46. The van der Waals surface area contributed by atoms with E-state index in [2.05, 4.69) is 4.72 Å². The van der Waals surface area contributed by atoms with Gasteiger partial charge in [0.05, 0.1) is 29.5 Å². The third-order valence-electron chi connectivity index (χ3n) is 5.06. The van der Waals surface area contributed by atoms with Crippen molar-refractivity contribution in [2.24, 2.45) is 0 Å². The van der Waals surface area contributed by atoms with Crippen molar-refractivity contribution < 1.29 is 41.7 Å². The maximum absolute atomic E-state index is 13.3. The first-order chi connectivity index (χ1) is 14.6. The molecule has 172 valence electrons. The second kappa shape index (κ2) is 9.39. The lowest BCUT2D eigenvalue weighted by Crippen LogP contribution is -2.42. The first-order valence-corrected chi connectivity index (χ1v) is 11.3. The normalized spacial score (nSPS) is 25.4. The van der Waals surface area contributed by atoms with Crippen molar-refractivity contribution in [3.63, 3.8) is 0 Å². The summed E-state index contributed by atoms with van der Waals surface area (Å²) >= 11 is 5.90. The number of methoxy groups -OCH3 is 2. The zero-order valence-electron chi connectivity index (χ0n) is 16.8. The van der Waals surface area contributed by atoms with Crippen LogP contribution in [0.15, 0.2) is 29.8 Å². The Labute approximate surface area is 184 Å². The number of ether oxygens (including phenoxy) is 4. The van der Waals surface area contributed by atoms with Gasteiger partial charge >= 0.3 is 5.97 Å². The molecule has 9 nitrogen and oxygen atoms in total. The van der Waals surface area contributed by atoms with Crippen molar-refractivity contribution in [3.05, 3.63) is 40.7 Å². The lowest BCUT2D eigenvalue weighted by Gasteiger charge is -2.33. The first kappa shape index (κ1) is 23.9. The number of carbonyl (C=O) groups is 1. The van der Waals surface area contributed by atoms with Crippen LogP contribution in [0.2, 0.25) is 5.02 Å². The van der Waals surface area contributed by atoms with E-state index in [9.17, 15) is 22.7 Å². The minimum Gasteiger partial charge on any atom is -0.478 e. The Bertz CT molecular complexity index is 956. The average molecular weight is 480 g/mol. The number of hydrogen-bond acceptors (Lipinski definition) is 7. The van der Waals surface area contributed by atoms with Crippen LogP contribution in [0.25, 0.3) is 0 Å². The molecular formula is C19H23ClFNO8S. The highest BCUT2D eigenvalue weighted by Gasteiger charge is 2.51. The summed E-state index contributed by atoms with van der Waals surface area (Å²) in [5.41, 5.74) is -0.451. The van der Waals surface area contributed by atoms with Crippen LogP contribution in [-0.2, 0) is 33.8 Å². The Balaban J connectivity index is 1.89. The molecule has 3 atom stereocenters. The van der Waals surface area contributed by atoms with Crippen LogP contribution in [0.1, 0.15) is 12.8 Å². The van der Waals surface area contributed by atoms with Crippen molar-refractivity contribution in [3.8, 4) is 0 Å². The van der Waals surface area contributed by atoms with Gasteiger partial charge in [0.15, 0.2) is 5.79 Å². The smallest absolute Gasteiger partial charge is 0.332 e. The predicted octanol–water partition coefficient (Wildman–Crippen LogP) is 2.17.